The van der Waals surface area contributed by atoms with Crippen molar-refractivity contribution in [2.24, 2.45) is 29.6 Å². The van der Waals surface area contributed by atoms with E-state index in [2.05, 4.69) is 21.3 Å². The first kappa shape index (κ1) is 63.7. The molecule has 3 heterocycles. The minimum absolute atomic E-state index is 0. The lowest BCUT2D eigenvalue weighted by Crippen LogP contribution is -2.62. The van der Waals surface area contributed by atoms with Crippen LogP contribution in [0.4, 0.5) is 0 Å². The van der Waals surface area contributed by atoms with E-state index in [1.165, 1.54) is 49.8 Å². The Morgan fingerprint density at radius 2 is 1.57 bits per heavy atom. The van der Waals surface area contributed by atoms with E-state index in [4.69, 9.17) is 14.2 Å². The molecule has 0 radical (unpaired) electrons. The van der Waals surface area contributed by atoms with Gasteiger partial charge in [-0.15, -0.1) is 12.4 Å². The van der Waals surface area contributed by atoms with Gasteiger partial charge >= 0.3 is 11.9 Å². The number of aliphatic hydroxyl groups excluding tert-OH is 1. The van der Waals surface area contributed by atoms with Gasteiger partial charge in [0.2, 0.25) is 35.4 Å². The molecule has 0 aliphatic carbocycles. The van der Waals surface area contributed by atoms with Gasteiger partial charge in [-0.05, 0) is 80.9 Å². The molecule has 3 aliphatic rings. The second-order valence-corrected chi connectivity index (χ2v) is 21.4. The molecule has 2 saturated heterocycles. The number of nitrogens with one attached hydrogen (secondary N) is 4. The number of esters is 2. The minimum atomic E-state index is -1.68. The third-order valence-electron chi connectivity index (χ3n) is 14.4. The molecule has 0 spiro atoms. The third-order valence-corrected chi connectivity index (χ3v) is 14.4. The summed E-state index contributed by atoms with van der Waals surface area (Å²) in [6.45, 7) is 17.6. The molecule has 3 aliphatic heterocycles. The Balaban J connectivity index is 0.0000148. The van der Waals surface area contributed by atoms with E-state index in [-0.39, 0.29) is 62.4 Å². The van der Waals surface area contributed by atoms with E-state index in [1.807, 2.05) is 27.7 Å². The van der Waals surface area contributed by atoms with Crippen molar-refractivity contribution >= 4 is 65.6 Å². The van der Waals surface area contributed by atoms with Crippen LogP contribution in [0.2, 0.25) is 0 Å². The number of cyclic esters (lactones) is 2. The largest absolute Gasteiger partial charge is 0.497 e. The van der Waals surface area contributed by atoms with Crippen LogP contribution in [0.15, 0.2) is 36.4 Å². The number of halogens is 1. The number of amides is 6. The number of hydrogen-bond donors (Lipinski definition) is 5. The van der Waals surface area contributed by atoms with Gasteiger partial charge in [-0.1, -0.05) is 86.1 Å². The van der Waals surface area contributed by atoms with Crippen LogP contribution in [0.25, 0.3) is 0 Å². The van der Waals surface area contributed by atoms with Gasteiger partial charge in [0.25, 0.3) is 0 Å². The Morgan fingerprint density at radius 1 is 0.920 bits per heavy atom. The molecule has 1 aromatic carbocycles. The Kier molecular flexibility index (Phi) is 24.7. The standard InChI is InChI=1S/C54H83N7O13.ClH/c1-14-32(8)44-42(62)28-43(63)74-47(31(6)7)46(64)33(9)48(65)56-38(25-29(2)3)52(69)61-24-16-18-39(61)53(70)60(12)41(27-35-19-21-36(72-13)22-20-35)54(71)73-34(10)45(50(67)57-44)58-49(66)40(26-30(4)5)59(11)51(68)37-17-15-23-55-37;/h15,17,19-22,29-34,37-42,44-45,47,55,62H,14,16,18,23-28H2,1-13H3,(H,56,65)(H,57,67)(H,58,66);1H/t32-,33-,34+,37-,38-,39-,40+,41-,42-,44+,45-,47-;/m0./s1. The van der Waals surface area contributed by atoms with E-state index in [0.717, 1.165) is 0 Å². The molecule has 420 valence electrons. The van der Waals surface area contributed by atoms with Crippen LogP contribution in [0.5, 0.6) is 5.75 Å². The normalized spacial score (nSPS) is 27.7. The SMILES string of the molecule is CC[C@H](C)[C@H]1NC(=O)[C@@H](NC(=O)[C@@H](CC(C)C)N(C)C(=O)[C@@H]2C=CCN2)[C@@H](C)OC(=O)[C@H](Cc2ccc(OC)cc2)N(C)C(=O)[C@@H]2CCCN2C(=O)[C@H](CC(C)C)NC(=O)[C@@H](C)C(=O)[C@H](C(C)C)OC(=O)C[C@@H]1O.Cl. The van der Waals surface area contributed by atoms with Crippen LogP contribution >= 0.6 is 12.4 Å². The minimum Gasteiger partial charge on any atom is -0.497 e. The summed E-state index contributed by atoms with van der Waals surface area (Å²) in [5.41, 5.74) is 0.599. The quantitative estimate of drug-likeness (QED) is 0.102. The Morgan fingerprint density at radius 3 is 2.13 bits per heavy atom. The van der Waals surface area contributed by atoms with Crippen molar-refractivity contribution in [3.63, 3.8) is 0 Å². The van der Waals surface area contributed by atoms with Crippen LogP contribution in [0.1, 0.15) is 113 Å². The van der Waals surface area contributed by atoms with Crippen LogP contribution in [-0.2, 0) is 59.0 Å². The molecule has 21 heteroatoms. The first-order valence-corrected chi connectivity index (χ1v) is 26.2. The maximum Gasteiger partial charge on any atom is 0.329 e. The molecule has 4 rings (SSSR count). The first-order valence-electron chi connectivity index (χ1n) is 26.2. The number of rotatable bonds is 14. The molecule has 2 fully saturated rings. The van der Waals surface area contributed by atoms with Gasteiger partial charge in [0.05, 0.1) is 31.6 Å². The van der Waals surface area contributed by atoms with Crippen molar-refractivity contribution in [2.45, 2.75) is 175 Å². The average Bonchev–Trinajstić information content (AvgIpc) is 4.09. The highest BCUT2D eigenvalue weighted by molar-refractivity contribution is 6.05. The molecular weight excluding hydrogens is 990 g/mol. The van der Waals surface area contributed by atoms with Gasteiger partial charge < -0.3 is 50.0 Å². The molecule has 5 N–H and O–H groups in total. The average molecular weight is 1070 g/mol. The summed E-state index contributed by atoms with van der Waals surface area (Å²) in [4.78, 5) is 133. The predicted molar refractivity (Wildman–Crippen MR) is 282 cm³/mol. The fourth-order valence-corrected chi connectivity index (χ4v) is 9.61. The Bertz CT molecular complexity index is 2190. The molecule has 0 bridgehead atoms. The van der Waals surface area contributed by atoms with Gasteiger partial charge in [0.15, 0.2) is 11.9 Å². The predicted octanol–water partition coefficient (Wildman–Crippen LogP) is 2.89. The zero-order valence-electron chi connectivity index (χ0n) is 46.1. The number of benzene rings is 1. The molecule has 12 atom stereocenters. The maximum absolute atomic E-state index is 14.9. The summed E-state index contributed by atoms with van der Waals surface area (Å²) in [6, 6.07) is -1.43. The number of likely N-dealkylation sites (N-methyl/N-ethyl adjacent to an activating group) is 2. The number of aliphatic hydroxyl groups is 1. The van der Waals surface area contributed by atoms with Crippen LogP contribution in [0.3, 0.4) is 0 Å². The van der Waals surface area contributed by atoms with E-state index < -0.39 is 132 Å². The summed E-state index contributed by atoms with van der Waals surface area (Å²) in [5.74, 6) is -8.89. The fourth-order valence-electron chi connectivity index (χ4n) is 9.61. The number of fused-ring (bicyclic) bond motifs is 1. The van der Waals surface area contributed by atoms with Gasteiger partial charge in [0, 0.05) is 33.6 Å². The van der Waals surface area contributed by atoms with Crippen molar-refractivity contribution in [2.75, 3.05) is 34.3 Å². The molecule has 0 aromatic heterocycles. The van der Waals surface area contributed by atoms with Gasteiger partial charge in [-0.2, -0.15) is 0 Å². The van der Waals surface area contributed by atoms with Crippen LogP contribution < -0.4 is 26.0 Å². The molecule has 1 aromatic rings. The van der Waals surface area contributed by atoms with Crippen molar-refractivity contribution < 1.29 is 62.5 Å². The molecule has 0 saturated carbocycles. The molecule has 6 amide bonds. The van der Waals surface area contributed by atoms with Gasteiger partial charge in [-0.3, -0.25) is 43.7 Å². The van der Waals surface area contributed by atoms with Crippen LogP contribution in [0, 0.1) is 29.6 Å². The van der Waals surface area contributed by atoms with E-state index in [9.17, 15) is 48.3 Å². The Hall–Kier alpha value is -5.60. The molecule has 20 nitrogen and oxygen atoms in total. The molecule has 0 unspecified atom stereocenters. The highest BCUT2D eigenvalue weighted by atomic mass is 35.5. The first-order chi connectivity index (χ1) is 34.8. The summed E-state index contributed by atoms with van der Waals surface area (Å²) in [6.07, 6.45) is -0.439. The van der Waals surface area contributed by atoms with Gasteiger partial charge in [-0.25, -0.2) is 4.79 Å². The number of Topliss-reactive ketones (excluding diaryl/α,β-unsaturated/α-hetero) is 1. The summed E-state index contributed by atoms with van der Waals surface area (Å²) < 4.78 is 17.2. The molecule has 75 heavy (non-hydrogen) atoms. The van der Waals surface area contributed by atoms with Crippen molar-refractivity contribution in [1.29, 1.82) is 0 Å². The topological polar surface area (TPSA) is 259 Å². The summed E-state index contributed by atoms with van der Waals surface area (Å²) in [7, 11) is 4.42. The van der Waals surface area contributed by atoms with E-state index in [1.54, 1.807) is 64.1 Å². The highest BCUT2D eigenvalue weighted by Crippen LogP contribution is 2.26. The zero-order chi connectivity index (χ0) is 55.3. The number of carbonyl (C=O) groups is 9. The maximum atomic E-state index is 14.9. The monoisotopic (exact) mass is 1070 g/mol. The number of ketones is 1. The van der Waals surface area contributed by atoms with Crippen molar-refractivity contribution in [3.05, 3.63) is 42.0 Å². The lowest BCUT2D eigenvalue weighted by molar-refractivity contribution is -0.163. The summed E-state index contributed by atoms with van der Waals surface area (Å²) >= 11 is 0. The lowest BCUT2D eigenvalue weighted by Gasteiger charge is -2.36. The second kappa shape index (κ2) is 29.1. The second-order valence-electron chi connectivity index (χ2n) is 21.4. The number of nitrogens with zero attached hydrogens (tertiary/aromatic N) is 3. The van der Waals surface area contributed by atoms with E-state index in [0.29, 0.717) is 30.7 Å². The smallest absolute Gasteiger partial charge is 0.329 e. The fraction of sp³-hybridized carbons (Fsp3) is 0.685. The van der Waals surface area contributed by atoms with Crippen molar-refractivity contribution in [1.82, 2.24) is 36.0 Å². The highest BCUT2D eigenvalue weighted by Gasteiger charge is 2.45. The number of methoxy groups -OCH3 is 1. The lowest BCUT2D eigenvalue weighted by atomic mass is 9.91. The third kappa shape index (κ3) is 16.9. The van der Waals surface area contributed by atoms with Crippen molar-refractivity contribution in [3.8, 4) is 5.75 Å². The van der Waals surface area contributed by atoms with Crippen LogP contribution in [-0.4, -0.2) is 168 Å². The summed E-state index contributed by atoms with van der Waals surface area (Å²) in [5, 5.41) is 23.2. The molecular formula is C54H84ClN7O13. The Labute approximate surface area is 448 Å². The number of carbonyl (C=O) groups excluding carboxylic acids is 9. The zero-order valence-corrected chi connectivity index (χ0v) is 46.9. The van der Waals surface area contributed by atoms with E-state index >= 15 is 0 Å². The van der Waals surface area contributed by atoms with Gasteiger partial charge in [0.1, 0.15) is 48.1 Å². The number of ether oxygens (including phenoxy) is 3. The number of hydrogen-bond acceptors (Lipinski definition) is 14.